The summed E-state index contributed by atoms with van der Waals surface area (Å²) in [7, 11) is -3.45. The number of sulfonamides is 1. The van der Waals surface area contributed by atoms with Gasteiger partial charge in [0.2, 0.25) is 15.9 Å². The zero-order valence-electron chi connectivity index (χ0n) is 18.6. The molecule has 8 heteroatoms. The van der Waals surface area contributed by atoms with Gasteiger partial charge >= 0.3 is 0 Å². The van der Waals surface area contributed by atoms with Crippen LogP contribution in [0.15, 0.2) is 59.1 Å². The molecule has 0 unspecified atom stereocenters. The minimum atomic E-state index is -3.45. The van der Waals surface area contributed by atoms with Gasteiger partial charge in [-0.25, -0.2) is 18.1 Å². The summed E-state index contributed by atoms with van der Waals surface area (Å²) in [6.45, 7) is 5.84. The predicted molar refractivity (Wildman–Crippen MR) is 124 cm³/mol. The zero-order chi connectivity index (χ0) is 23.1. The molecule has 170 valence electrons. The van der Waals surface area contributed by atoms with Crippen molar-refractivity contribution < 1.29 is 17.6 Å². The molecular weight excluding hydrogens is 426 g/mol. The monoisotopic (exact) mass is 455 g/mol. The molecule has 0 saturated carbocycles. The molecule has 0 saturated heterocycles. The van der Waals surface area contributed by atoms with Gasteiger partial charge in [-0.15, -0.1) is 0 Å². The number of nitrogens with one attached hydrogen (secondary N) is 2. The summed E-state index contributed by atoms with van der Waals surface area (Å²) in [5.41, 5.74) is 3.54. The number of amides is 1. The Bertz CT molecular complexity index is 1150. The normalized spacial score (nSPS) is 11.6. The molecule has 1 heterocycles. The molecule has 0 spiro atoms. The Morgan fingerprint density at radius 3 is 2.44 bits per heavy atom. The van der Waals surface area contributed by atoms with E-state index >= 15 is 0 Å². The van der Waals surface area contributed by atoms with Gasteiger partial charge in [0.05, 0.1) is 11.9 Å². The van der Waals surface area contributed by atoms with E-state index in [0.29, 0.717) is 23.6 Å². The van der Waals surface area contributed by atoms with Crippen molar-refractivity contribution in [3.05, 3.63) is 77.3 Å². The molecule has 1 amide bonds. The lowest BCUT2D eigenvalue weighted by Gasteiger charge is -2.13. The van der Waals surface area contributed by atoms with Crippen molar-refractivity contribution in [3.8, 4) is 11.3 Å². The van der Waals surface area contributed by atoms with Gasteiger partial charge in [0.1, 0.15) is 0 Å². The van der Waals surface area contributed by atoms with Crippen molar-refractivity contribution in [1.82, 2.24) is 15.0 Å². The topological polar surface area (TPSA) is 101 Å². The smallest absolute Gasteiger partial charge is 0.220 e. The Labute approximate surface area is 189 Å². The van der Waals surface area contributed by atoms with E-state index < -0.39 is 10.0 Å². The second-order valence-corrected chi connectivity index (χ2v) is 9.82. The molecule has 3 aromatic rings. The van der Waals surface area contributed by atoms with Gasteiger partial charge in [0, 0.05) is 31.0 Å². The van der Waals surface area contributed by atoms with Crippen molar-refractivity contribution in [2.75, 3.05) is 0 Å². The lowest BCUT2D eigenvalue weighted by Crippen LogP contribution is -2.32. The van der Waals surface area contributed by atoms with E-state index in [4.69, 9.17) is 4.42 Å². The molecule has 0 atom stereocenters. The lowest BCUT2D eigenvalue weighted by atomic mass is 10.1. The third-order valence-corrected chi connectivity index (χ3v) is 6.33. The Morgan fingerprint density at radius 2 is 1.75 bits per heavy atom. The minimum absolute atomic E-state index is 0.130. The van der Waals surface area contributed by atoms with E-state index in [9.17, 15) is 13.2 Å². The van der Waals surface area contributed by atoms with E-state index in [1.54, 1.807) is 32.2 Å². The van der Waals surface area contributed by atoms with Gasteiger partial charge in [-0.2, -0.15) is 0 Å². The van der Waals surface area contributed by atoms with Crippen LogP contribution in [0.4, 0.5) is 0 Å². The maximum Gasteiger partial charge on any atom is 0.220 e. The number of hydrogen-bond donors (Lipinski definition) is 2. The maximum atomic E-state index is 12.3. The quantitative estimate of drug-likeness (QED) is 0.485. The zero-order valence-corrected chi connectivity index (χ0v) is 19.4. The van der Waals surface area contributed by atoms with Crippen molar-refractivity contribution in [2.45, 2.75) is 52.0 Å². The number of aromatic nitrogens is 1. The van der Waals surface area contributed by atoms with Crippen LogP contribution in [0.5, 0.6) is 0 Å². The summed E-state index contributed by atoms with van der Waals surface area (Å²) >= 11 is 0. The summed E-state index contributed by atoms with van der Waals surface area (Å²) in [4.78, 5) is 16.6. The molecule has 1 aromatic heterocycles. The van der Waals surface area contributed by atoms with E-state index in [0.717, 1.165) is 11.1 Å². The number of hydrogen-bond acceptors (Lipinski definition) is 5. The first-order valence-corrected chi connectivity index (χ1v) is 12.2. The molecule has 2 aromatic carbocycles. The van der Waals surface area contributed by atoms with Gasteiger partial charge in [0.15, 0.2) is 11.7 Å². The number of oxazole rings is 1. The Morgan fingerprint density at radius 1 is 1.06 bits per heavy atom. The van der Waals surface area contributed by atoms with E-state index in [-0.39, 0.29) is 30.7 Å². The molecular formula is C24H29N3O4S. The third kappa shape index (κ3) is 7.03. The highest BCUT2D eigenvalue weighted by atomic mass is 32.2. The number of nitrogens with zero attached hydrogens (tertiary/aromatic N) is 1. The standard InChI is InChI=1S/C24H29N3O4S/c1-17(2)27-32(29,30)16-21-7-5-4-6-20(21)14-25-23(28)12-13-24-26-15-22(31-24)19-10-8-18(3)9-11-19/h4-11,15,17,27H,12-14,16H2,1-3H3,(H,25,28). The molecule has 7 nitrogen and oxygen atoms in total. The van der Waals surface area contributed by atoms with E-state index in [1.807, 2.05) is 43.3 Å². The number of carbonyl (C=O) groups excluding carboxylic acids is 1. The second kappa shape index (κ2) is 10.6. The van der Waals surface area contributed by atoms with Crippen LogP contribution in [0.25, 0.3) is 11.3 Å². The van der Waals surface area contributed by atoms with Crippen molar-refractivity contribution in [1.29, 1.82) is 0 Å². The summed E-state index contributed by atoms with van der Waals surface area (Å²) in [6.07, 6.45) is 2.27. The van der Waals surface area contributed by atoms with Crippen LogP contribution < -0.4 is 10.0 Å². The van der Waals surface area contributed by atoms with Gasteiger partial charge in [0.25, 0.3) is 0 Å². The molecule has 0 aliphatic rings. The molecule has 0 aliphatic heterocycles. The Balaban J connectivity index is 1.53. The first-order chi connectivity index (χ1) is 15.2. The van der Waals surface area contributed by atoms with Gasteiger partial charge < -0.3 is 9.73 Å². The fourth-order valence-corrected chi connectivity index (χ4v) is 4.75. The highest BCUT2D eigenvalue weighted by Gasteiger charge is 2.16. The summed E-state index contributed by atoms with van der Waals surface area (Å²) in [5.74, 6) is 0.889. The predicted octanol–water partition coefficient (Wildman–Crippen LogP) is 3.73. The second-order valence-electron chi connectivity index (χ2n) is 8.06. The molecule has 32 heavy (non-hydrogen) atoms. The van der Waals surface area contributed by atoms with Crippen LogP contribution >= 0.6 is 0 Å². The van der Waals surface area contributed by atoms with Gasteiger partial charge in [-0.3, -0.25) is 4.79 Å². The van der Waals surface area contributed by atoms with E-state index in [1.165, 1.54) is 5.56 Å². The van der Waals surface area contributed by atoms with Crippen LogP contribution in [0, 0.1) is 6.92 Å². The first kappa shape index (κ1) is 23.7. The summed E-state index contributed by atoms with van der Waals surface area (Å²) in [5, 5.41) is 2.86. The highest BCUT2D eigenvalue weighted by Crippen LogP contribution is 2.21. The fraction of sp³-hybridized carbons (Fsp3) is 0.333. The highest BCUT2D eigenvalue weighted by molar-refractivity contribution is 7.88. The van der Waals surface area contributed by atoms with Crippen LogP contribution in [-0.4, -0.2) is 25.4 Å². The van der Waals surface area contributed by atoms with Crippen LogP contribution in [0.2, 0.25) is 0 Å². The first-order valence-electron chi connectivity index (χ1n) is 10.6. The lowest BCUT2D eigenvalue weighted by molar-refractivity contribution is -0.121. The summed E-state index contributed by atoms with van der Waals surface area (Å²) < 4.78 is 32.9. The SMILES string of the molecule is Cc1ccc(-c2cnc(CCC(=O)NCc3ccccc3CS(=O)(=O)NC(C)C)o2)cc1. The van der Waals surface area contributed by atoms with Gasteiger partial charge in [-0.1, -0.05) is 54.1 Å². The van der Waals surface area contributed by atoms with Crippen molar-refractivity contribution >= 4 is 15.9 Å². The Hall–Kier alpha value is -2.97. The fourth-order valence-electron chi connectivity index (χ4n) is 3.26. The average Bonchev–Trinajstić information content (AvgIpc) is 3.20. The largest absolute Gasteiger partial charge is 0.441 e. The molecule has 0 aliphatic carbocycles. The van der Waals surface area contributed by atoms with Crippen LogP contribution in [0.3, 0.4) is 0 Å². The molecule has 3 rings (SSSR count). The minimum Gasteiger partial charge on any atom is -0.441 e. The molecule has 0 radical (unpaired) electrons. The number of carbonyl (C=O) groups is 1. The third-order valence-electron chi connectivity index (χ3n) is 4.81. The molecule has 2 N–H and O–H groups in total. The molecule has 0 bridgehead atoms. The summed E-state index contributed by atoms with van der Waals surface area (Å²) in [6, 6.07) is 15.0. The maximum absolute atomic E-state index is 12.3. The van der Waals surface area contributed by atoms with Crippen LogP contribution in [-0.2, 0) is 33.5 Å². The van der Waals surface area contributed by atoms with Gasteiger partial charge in [-0.05, 0) is 31.9 Å². The number of rotatable bonds is 10. The number of aryl methyl sites for hydroxylation is 2. The number of benzene rings is 2. The Kier molecular flexibility index (Phi) is 7.82. The van der Waals surface area contributed by atoms with Crippen LogP contribution in [0.1, 0.15) is 42.8 Å². The van der Waals surface area contributed by atoms with Crippen molar-refractivity contribution in [2.24, 2.45) is 0 Å². The molecule has 0 fully saturated rings. The average molecular weight is 456 g/mol. The van der Waals surface area contributed by atoms with Crippen molar-refractivity contribution in [3.63, 3.8) is 0 Å². The van der Waals surface area contributed by atoms with E-state index in [2.05, 4.69) is 15.0 Å².